The zero-order chi connectivity index (χ0) is 17.4. The molecule has 0 aromatic heterocycles. The predicted octanol–water partition coefficient (Wildman–Crippen LogP) is 1.83. The minimum absolute atomic E-state index is 0.00599. The van der Waals surface area contributed by atoms with E-state index in [4.69, 9.17) is 11.0 Å². The van der Waals surface area contributed by atoms with Crippen LogP contribution in [0.2, 0.25) is 0 Å². The molecule has 0 radical (unpaired) electrons. The van der Waals surface area contributed by atoms with Crippen LogP contribution in [0.25, 0.3) is 0 Å². The van der Waals surface area contributed by atoms with Gasteiger partial charge < -0.3 is 16.4 Å². The van der Waals surface area contributed by atoms with Crippen LogP contribution in [0.3, 0.4) is 0 Å². The molecule has 0 aliphatic heterocycles. The van der Waals surface area contributed by atoms with Crippen molar-refractivity contribution in [3.05, 3.63) is 29.8 Å². The van der Waals surface area contributed by atoms with Crippen molar-refractivity contribution in [2.24, 2.45) is 11.8 Å². The van der Waals surface area contributed by atoms with Crippen molar-refractivity contribution in [3.63, 3.8) is 0 Å². The van der Waals surface area contributed by atoms with E-state index in [1.807, 2.05) is 6.07 Å². The molecule has 1 aromatic carbocycles. The number of nitrogens with one attached hydrogen (secondary N) is 2. The molecule has 2 rings (SSSR count). The first kappa shape index (κ1) is 17.8. The first-order chi connectivity index (χ1) is 11.6. The second-order valence-electron chi connectivity index (χ2n) is 6.21. The average Bonchev–Trinajstić information content (AvgIpc) is 2.61. The number of nitrogens with zero attached hydrogens (tertiary/aromatic N) is 1. The highest BCUT2D eigenvalue weighted by molar-refractivity contribution is 5.94. The molecule has 1 atom stereocenters. The molecule has 0 heterocycles. The Labute approximate surface area is 142 Å². The van der Waals surface area contributed by atoms with Crippen molar-refractivity contribution in [1.29, 1.82) is 5.26 Å². The van der Waals surface area contributed by atoms with Crippen LogP contribution in [0.15, 0.2) is 24.3 Å². The summed E-state index contributed by atoms with van der Waals surface area (Å²) in [6.07, 6.45) is 5.39. The molecule has 1 saturated carbocycles. The summed E-state index contributed by atoms with van der Waals surface area (Å²) in [5, 5.41) is 14.1. The van der Waals surface area contributed by atoms with Crippen LogP contribution in [-0.4, -0.2) is 24.9 Å². The van der Waals surface area contributed by atoms with Gasteiger partial charge in [0.2, 0.25) is 5.91 Å². The number of amides is 2. The summed E-state index contributed by atoms with van der Waals surface area (Å²) in [4.78, 5) is 24.6. The highest BCUT2D eigenvalue weighted by atomic mass is 16.2. The van der Waals surface area contributed by atoms with Gasteiger partial charge in [0.15, 0.2) is 0 Å². The highest BCUT2D eigenvalue weighted by Crippen LogP contribution is 2.30. The van der Waals surface area contributed by atoms with Gasteiger partial charge in [0.1, 0.15) is 6.54 Å². The summed E-state index contributed by atoms with van der Waals surface area (Å²) in [6.45, 7) is 0.277. The van der Waals surface area contributed by atoms with Crippen LogP contribution in [0, 0.1) is 23.2 Å². The number of anilines is 1. The molecule has 1 fully saturated rings. The summed E-state index contributed by atoms with van der Waals surface area (Å²) in [5.74, 6) is -0.412. The number of nitriles is 1. The zero-order valence-electron chi connectivity index (χ0n) is 13.8. The largest absolute Gasteiger partial charge is 0.399 e. The number of rotatable bonds is 6. The Morgan fingerprint density at radius 1 is 1.17 bits per heavy atom. The number of nitrogens with two attached hydrogens (primary N) is 1. The fourth-order valence-corrected chi connectivity index (χ4v) is 3.21. The van der Waals surface area contributed by atoms with E-state index in [1.54, 1.807) is 24.3 Å². The van der Waals surface area contributed by atoms with Gasteiger partial charge in [0, 0.05) is 17.8 Å². The van der Waals surface area contributed by atoms with Crippen molar-refractivity contribution in [2.45, 2.75) is 32.1 Å². The molecule has 0 spiro atoms. The van der Waals surface area contributed by atoms with Gasteiger partial charge in [-0.25, -0.2) is 0 Å². The molecule has 6 heteroatoms. The molecule has 24 heavy (non-hydrogen) atoms. The van der Waals surface area contributed by atoms with E-state index in [1.165, 1.54) is 6.42 Å². The Morgan fingerprint density at radius 2 is 1.83 bits per heavy atom. The zero-order valence-corrected chi connectivity index (χ0v) is 13.8. The molecular weight excluding hydrogens is 304 g/mol. The fourth-order valence-electron chi connectivity index (χ4n) is 3.21. The van der Waals surface area contributed by atoms with E-state index in [-0.39, 0.29) is 36.7 Å². The Kier molecular flexibility index (Phi) is 6.62. The number of carbonyl (C=O) groups excluding carboxylic acids is 2. The second kappa shape index (κ2) is 8.92. The quantitative estimate of drug-likeness (QED) is 0.547. The molecule has 128 valence electrons. The number of hydrogen-bond donors (Lipinski definition) is 3. The van der Waals surface area contributed by atoms with E-state index in [9.17, 15) is 9.59 Å². The molecular formula is C18H24N4O2. The molecule has 2 amide bonds. The highest BCUT2D eigenvalue weighted by Gasteiger charge is 2.29. The Bertz CT molecular complexity index is 600. The maximum Gasteiger partial charge on any atom is 0.251 e. The van der Waals surface area contributed by atoms with Crippen LogP contribution in [-0.2, 0) is 4.79 Å². The summed E-state index contributed by atoms with van der Waals surface area (Å²) >= 11 is 0. The van der Waals surface area contributed by atoms with Crippen LogP contribution in [0.5, 0.6) is 0 Å². The number of hydrogen-bond acceptors (Lipinski definition) is 4. The van der Waals surface area contributed by atoms with Crippen LogP contribution in [0.4, 0.5) is 5.69 Å². The van der Waals surface area contributed by atoms with Crippen molar-refractivity contribution >= 4 is 17.5 Å². The fraction of sp³-hybridized carbons (Fsp3) is 0.500. The second-order valence-corrected chi connectivity index (χ2v) is 6.21. The number of nitrogen functional groups attached to an aromatic ring is 1. The van der Waals surface area contributed by atoms with Gasteiger partial charge in [-0.1, -0.05) is 19.3 Å². The van der Waals surface area contributed by atoms with Crippen LogP contribution < -0.4 is 16.4 Å². The number of carbonyl (C=O) groups is 2. The first-order valence-electron chi connectivity index (χ1n) is 8.40. The van der Waals surface area contributed by atoms with Crippen molar-refractivity contribution in [2.75, 3.05) is 18.8 Å². The molecule has 1 unspecified atom stereocenters. The molecule has 1 aliphatic carbocycles. The molecule has 1 aromatic rings. The molecule has 0 saturated heterocycles. The third-order valence-corrected chi connectivity index (χ3v) is 4.55. The van der Waals surface area contributed by atoms with Gasteiger partial charge in [-0.3, -0.25) is 9.59 Å². The van der Waals surface area contributed by atoms with E-state index < -0.39 is 0 Å². The summed E-state index contributed by atoms with van der Waals surface area (Å²) in [7, 11) is 0. The third-order valence-electron chi connectivity index (χ3n) is 4.55. The summed E-state index contributed by atoms with van der Waals surface area (Å²) in [5.41, 5.74) is 6.74. The van der Waals surface area contributed by atoms with E-state index in [0.717, 1.165) is 25.7 Å². The van der Waals surface area contributed by atoms with Gasteiger partial charge >= 0.3 is 0 Å². The smallest absolute Gasteiger partial charge is 0.251 e. The summed E-state index contributed by atoms with van der Waals surface area (Å²) < 4.78 is 0. The maximum atomic E-state index is 12.4. The topological polar surface area (TPSA) is 108 Å². The van der Waals surface area contributed by atoms with Crippen LogP contribution in [0.1, 0.15) is 42.5 Å². The van der Waals surface area contributed by atoms with Crippen molar-refractivity contribution < 1.29 is 9.59 Å². The normalized spacial score (nSPS) is 16.0. The lowest BCUT2D eigenvalue weighted by atomic mass is 9.79. The van der Waals surface area contributed by atoms with Gasteiger partial charge in [-0.15, -0.1) is 0 Å². The maximum absolute atomic E-state index is 12.4. The summed E-state index contributed by atoms with van der Waals surface area (Å²) in [6, 6.07) is 8.59. The molecule has 1 aliphatic rings. The number of benzene rings is 1. The average molecular weight is 328 g/mol. The lowest BCUT2D eigenvalue weighted by Crippen LogP contribution is -2.43. The van der Waals surface area contributed by atoms with Crippen LogP contribution >= 0.6 is 0 Å². The van der Waals surface area contributed by atoms with Gasteiger partial charge in [0.05, 0.1) is 12.0 Å². The monoisotopic (exact) mass is 328 g/mol. The Morgan fingerprint density at radius 3 is 2.46 bits per heavy atom. The Balaban J connectivity index is 1.98. The third kappa shape index (κ3) is 4.98. The molecule has 6 nitrogen and oxygen atoms in total. The minimum Gasteiger partial charge on any atom is -0.399 e. The SMILES string of the molecule is N#CCNC(=O)C(CNC(=O)c1ccc(N)cc1)C1CCCCC1. The van der Waals surface area contributed by atoms with Crippen molar-refractivity contribution in [1.82, 2.24) is 10.6 Å². The minimum atomic E-state index is -0.295. The van der Waals surface area contributed by atoms with E-state index in [0.29, 0.717) is 11.3 Å². The predicted molar refractivity (Wildman–Crippen MR) is 91.9 cm³/mol. The standard InChI is InChI=1S/C18H24N4O2/c19-10-11-21-18(24)16(13-4-2-1-3-5-13)12-22-17(23)14-6-8-15(20)9-7-14/h6-9,13,16H,1-5,11-12,20H2,(H,21,24)(H,22,23). The Hall–Kier alpha value is -2.55. The molecule has 0 bridgehead atoms. The van der Waals surface area contributed by atoms with Gasteiger partial charge in [-0.2, -0.15) is 5.26 Å². The van der Waals surface area contributed by atoms with Gasteiger partial charge in [-0.05, 0) is 43.0 Å². The molecule has 4 N–H and O–H groups in total. The lowest BCUT2D eigenvalue weighted by molar-refractivity contribution is -0.126. The van der Waals surface area contributed by atoms with E-state index in [2.05, 4.69) is 10.6 Å². The van der Waals surface area contributed by atoms with Gasteiger partial charge in [0.25, 0.3) is 5.91 Å². The lowest BCUT2D eigenvalue weighted by Gasteiger charge is -2.29. The van der Waals surface area contributed by atoms with Crippen molar-refractivity contribution in [3.8, 4) is 6.07 Å². The first-order valence-corrected chi connectivity index (χ1v) is 8.40. The van der Waals surface area contributed by atoms with E-state index >= 15 is 0 Å².